The van der Waals surface area contributed by atoms with E-state index in [-0.39, 0.29) is 23.5 Å². The highest BCUT2D eigenvalue weighted by atomic mass is 16.6. The van der Waals surface area contributed by atoms with Crippen LogP contribution < -0.4 is 4.90 Å². The molecular formula is C18H22N2O4. The van der Waals surface area contributed by atoms with E-state index < -0.39 is 0 Å². The lowest BCUT2D eigenvalue weighted by atomic mass is 9.92. The van der Waals surface area contributed by atoms with Crippen LogP contribution in [0.15, 0.2) is 35.5 Å². The molecule has 0 aromatic heterocycles. The lowest BCUT2D eigenvalue weighted by Crippen LogP contribution is -2.44. The molecular weight excluding hydrogens is 308 g/mol. The number of benzene rings is 1. The van der Waals surface area contributed by atoms with Gasteiger partial charge in [-0.05, 0) is 50.7 Å². The van der Waals surface area contributed by atoms with E-state index >= 15 is 0 Å². The van der Waals surface area contributed by atoms with Gasteiger partial charge in [0.05, 0.1) is 18.7 Å². The first kappa shape index (κ1) is 16.5. The minimum atomic E-state index is -0.312. The largest absolute Gasteiger partial charge is 0.466 e. The van der Waals surface area contributed by atoms with Crippen LogP contribution in [-0.4, -0.2) is 30.6 Å². The van der Waals surface area contributed by atoms with Crippen molar-refractivity contribution >= 4 is 11.7 Å². The number of rotatable bonds is 5. The summed E-state index contributed by atoms with van der Waals surface area (Å²) in [5.74, 6) is -0.0106. The summed E-state index contributed by atoms with van der Waals surface area (Å²) in [5.41, 5.74) is 3.66. The second-order valence-corrected chi connectivity index (χ2v) is 6.54. The van der Waals surface area contributed by atoms with Gasteiger partial charge in [-0.2, -0.15) is 0 Å². The number of nitro groups is 1. The van der Waals surface area contributed by atoms with Crippen LogP contribution in [0.3, 0.4) is 0 Å². The van der Waals surface area contributed by atoms with Gasteiger partial charge in [-0.15, -0.1) is 0 Å². The van der Waals surface area contributed by atoms with Crippen LogP contribution in [0.2, 0.25) is 0 Å². The monoisotopic (exact) mass is 330 g/mol. The van der Waals surface area contributed by atoms with Gasteiger partial charge in [0, 0.05) is 16.3 Å². The smallest absolute Gasteiger partial charge is 0.335 e. The fourth-order valence-corrected chi connectivity index (χ4v) is 3.44. The Hall–Kier alpha value is -2.37. The summed E-state index contributed by atoms with van der Waals surface area (Å²) in [6, 6.07) is 7.72. The van der Waals surface area contributed by atoms with E-state index in [0.717, 1.165) is 29.8 Å². The van der Waals surface area contributed by atoms with Gasteiger partial charge in [0.2, 0.25) is 6.54 Å². The van der Waals surface area contributed by atoms with Crippen molar-refractivity contribution in [2.45, 2.75) is 38.6 Å². The zero-order chi connectivity index (χ0) is 17.3. The maximum atomic E-state index is 12.2. The summed E-state index contributed by atoms with van der Waals surface area (Å²) in [7, 11) is 1.39. The molecule has 0 radical (unpaired) electrons. The highest BCUT2D eigenvalue weighted by Crippen LogP contribution is 2.46. The van der Waals surface area contributed by atoms with Gasteiger partial charge in [0.1, 0.15) is 0 Å². The van der Waals surface area contributed by atoms with E-state index in [2.05, 4.69) is 0 Å². The van der Waals surface area contributed by atoms with Crippen LogP contribution in [0.4, 0.5) is 5.69 Å². The van der Waals surface area contributed by atoms with E-state index in [0.29, 0.717) is 24.3 Å². The molecule has 3 rings (SSSR count). The number of hydrogen-bond acceptors (Lipinski definition) is 5. The molecule has 1 aromatic carbocycles. The van der Waals surface area contributed by atoms with Crippen molar-refractivity contribution in [3.8, 4) is 0 Å². The Kier molecular flexibility index (Phi) is 4.55. The Bertz CT molecular complexity index is 677. The highest BCUT2D eigenvalue weighted by Gasteiger charge is 2.41. The average molecular weight is 330 g/mol. The fraction of sp³-hybridized carbons (Fsp3) is 0.500. The third-order valence-corrected chi connectivity index (χ3v) is 4.73. The molecule has 1 atom stereocenters. The van der Waals surface area contributed by atoms with Crippen LogP contribution >= 0.6 is 0 Å². The molecule has 0 N–H and O–H groups in total. The van der Waals surface area contributed by atoms with E-state index in [1.165, 1.54) is 7.11 Å². The topological polar surface area (TPSA) is 72.7 Å². The van der Waals surface area contributed by atoms with Gasteiger partial charge in [0.25, 0.3) is 0 Å². The Morgan fingerprint density at radius 2 is 1.96 bits per heavy atom. The average Bonchev–Trinajstić information content (AvgIpc) is 3.39. The molecule has 6 heteroatoms. The molecule has 0 amide bonds. The first-order valence-corrected chi connectivity index (χ1v) is 8.30. The molecule has 0 spiro atoms. The standard InChI is InChI=1S/C18H22N2O4/c1-12-3-7-14(8-4-12)20-15(11-19(22)23)9-10-16(18(21)24-2)17(20)13-5-6-13/h3-4,7-8,13,15H,5-6,9-11H2,1-2H3. The number of ether oxygens (including phenoxy) is 1. The third-order valence-electron chi connectivity index (χ3n) is 4.73. The Morgan fingerprint density at radius 3 is 2.50 bits per heavy atom. The van der Waals surface area contributed by atoms with Crippen LogP contribution in [0.25, 0.3) is 0 Å². The van der Waals surface area contributed by atoms with Crippen molar-refractivity contribution in [3.05, 3.63) is 51.2 Å². The molecule has 1 aliphatic carbocycles. The zero-order valence-corrected chi connectivity index (χ0v) is 14.0. The summed E-state index contributed by atoms with van der Waals surface area (Å²) in [6.45, 7) is 1.88. The van der Waals surface area contributed by atoms with Crippen LogP contribution in [0, 0.1) is 23.0 Å². The molecule has 0 bridgehead atoms. The summed E-state index contributed by atoms with van der Waals surface area (Å²) in [6.07, 6.45) is 3.15. The van der Waals surface area contributed by atoms with Gasteiger partial charge in [-0.25, -0.2) is 4.79 Å². The predicted octanol–water partition coefficient (Wildman–Crippen LogP) is 3.08. The highest BCUT2D eigenvalue weighted by molar-refractivity contribution is 5.91. The normalized spacial score (nSPS) is 20.9. The summed E-state index contributed by atoms with van der Waals surface area (Å²) >= 11 is 0. The van der Waals surface area contributed by atoms with Crippen molar-refractivity contribution in [2.24, 2.45) is 5.92 Å². The summed E-state index contributed by atoms with van der Waals surface area (Å²) in [4.78, 5) is 25.1. The minimum absolute atomic E-state index is 0.126. The number of nitrogens with zero attached hydrogens (tertiary/aromatic N) is 2. The minimum Gasteiger partial charge on any atom is -0.466 e. The number of carbonyl (C=O) groups is 1. The number of methoxy groups -OCH3 is 1. The predicted molar refractivity (Wildman–Crippen MR) is 90.3 cm³/mol. The van der Waals surface area contributed by atoms with Gasteiger partial charge < -0.3 is 9.64 Å². The van der Waals surface area contributed by atoms with Crippen LogP contribution in [0.5, 0.6) is 0 Å². The lowest BCUT2D eigenvalue weighted by Gasteiger charge is -2.38. The van der Waals surface area contributed by atoms with E-state index in [9.17, 15) is 14.9 Å². The molecule has 24 heavy (non-hydrogen) atoms. The van der Waals surface area contributed by atoms with Crippen molar-refractivity contribution < 1.29 is 14.5 Å². The molecule has 2 aliphatic rings. The SMILES string of the molecule is COC(=O)C1=C(C2CC2)N(c2ccc(C)cc2)C(C[N+](=O)[O-])CC1. The Labute approximate surface area is 141 Å². The Balaban J connectivity index is 2.07. The molecule has 1 fully saturated rings. The van der Waals surface area contributed by atoms with Crippen molar-refractivity contribution in [1.82, 2.24) is 0 Å². The number of anilines is 1. The molecule has 1 unspecified atom stereocenters. The molecule has 1 aliphatic heterocycles. The van der Waals surface area contributed by atoms with Gasteiger partial charge in [-0.1, -0.05) is 17.7 Å². The van der Waals surface area contributed by atoms with Crippen molar-refractivity contribution in [2.75, 3.05) is 18.6 Å². The van der Waals surface area contributed by atoms with Crippen molar-refractivity contribution in [3.63, 3.8) is 0 Å². The second-order valence-electron chi connectivity index (χ2n) is 6.54. The lowest BCUT2D eigenvalue weighted by molar-refractivity contribution is -0.482. The number of esters is 1. The van der Waals surface area contributed by atoms with Crippen LogP contribution in [-0.2, 0) is 9.53 Å². The molecule has 128 valence electrons. The molecule has 6 nitrogen and oxygen atoms in total. The second kappa shape index (κ2) is 6.63. The maximum Gasteiger partial charge on any atom is 0.335 e. The quantitative estimate of drug-likeness (QED) is 0.471. The first-order valence-electron chi connectivity index (χ1n) is 8.30. The van der Waals surface area contributed by atoms with Crippen molar-refractivity contribution in [1.29, 1.82) is 0 Å². The number of aryl methyl sites for hydroxylation is 1. The molecule has 1 heterocycles. The summed E-state index contributed by atoms with van der Waals surface area (Å²) in [5, 5.41) is 11.1. The van der Waals surface area contributed by atoms with Gasteiger partial charge >= 0.3 is 5.97 Å². The Morgan fingerprint density at radius 1 is 1.29 bits per heavy atom. The van der Waals surface area contributed by atoms with Gasteiger partial charge in [0.15, 0.2) is 0 Å². The number of allylic oxidation sites excluding steroid dienone is 1. The van der Waals surface area contributed by atoms with E-state index in [4.69, 9.17) is 4.74 Å². The molecule has 0 saturated heterocycles. The summed E-state index contributed by atoms with van der Waals surface area (Å²) < 4.78 is 4.96. The number of carbonyl (C=O) groups excluding carboxylic acids is 1. The van der Waals surface area contributed by atoms with E-state index in [1.807, 2.05) is 36.1 Å². The van der Waals surface area contributed by atoms with Crippen LogP contribution in [0.1, 0.15) is 31.2 Å². The van der Waals surface area contributed by atoms with Gasteiger partial charge in [-0.3, -0.25) is 10.1 Å². The maximum absolute atomic E-state index is 12.2. The zero-order valence-electron chi connectivity index (χ0n) is 14.0. The molecule has 1 saturated carbocycles. The fourth-order valence-electron chi connectivity index (χ4n) is 3.44. The first-order chi connectivity index (χ1) is 11.5. The van der Waals surface area contributed by atoms with E-state index in [1.54, 1.807) is 0 Å². The third kappa shape index (κ3) is 3.27. The number of hydrogen-bond donors (Lipinski definition) is 0. The molecule has 1 aromatic rings.